The Kier molecular flexibility index (Phi) is 5.81. The van der Waals surface area contributed by atoms with Gasteiger partial charge in [-0.1, -0.05) is 96.6 Å². The van der Waals surface area contributed by atoms with Crippen molar-refractivity contribution in [1.29, 1.82) is 0 Å². The Balaban J connectivity index is 1.79. The topological polar surface area (TPSA) is 12.0 Å². The predicted molar refractivity (Wildman–Crippen MR) is 108 cm³/mol. The van der Waals surface area contributed by atoms with Crippen LogP contribution >= 0.6 is 0 Å². The van der Waals surface area contributed by atoms with Crippen LogP contribution in [0.1, 0.15) is 35.2 Å². The van der Waals surface area contributed by atoms with E-state index >= 15 is 0 Å². The van der Waals surface area contributed by atoms with E-state index in [0.29, 0.717) is 6.04 Å². The second kappa shape index (κ2) is 8.46. The van der Waals surface area contributed by atoms with Gasteiger partial charge >= 0.3 is 0 Å². The third-order valence-corrected chi connectivity index (χ3v) is 4.48. The molecular formula is C24H25N. The maximum Gasteiger partial charge on any atom is 0.0294 e. The molecule has 1 nitrogen and oxygen atoms in total. The summed E-state index contributed by atoms with van der Waals surface area (Å²) in [5.41, 5.74) is 6.37. The highest BCUT2D eigenvalue weighted by molar-refractivity contribution is 5.79. The molecule has 1 heteroatoms. The van der Waals surface area contributed by atoms with Crippen LogP contribution in [0.3, 0.4) is 0 Å². The molecule has 25 heavy (non-hydrogen) atoms. The minimum absolute atomic E-state index is 0.326. The first-order valence-corrected chi connectivity index (χ1v) is 8.85. The molecule has 126 valence electrons. The highest BCUT2D eigenvalue weighted by Gasteiger charge is 2.06. The highest BCUT2D eigenvalue weighted by Crippen LogP contribution is 2.23. The Hall–Kier alpha value is -2.64. The number of rotatable bonds is 6. The van der Waals surface area contributed by atoms with Crippen LogP contribution in [-0.2, 0) is 0 Å². The van der Waals surface area contributed by atoms with E-state index in [1.165, 1.54) is 27.8 Å². The molecule has 0 radical (unpaired) electrons. The first-order chi connectivity index (χ1) is 12.2. The molecule has 0 fully saturated rings. The number of hydrogen-bond acceptors (Lipinski definition) is 1. The average Bonchev–Trinajstić information content (AvgIpc) is 2.67. The van der Waals surface area contributed by atoms with Crippen LogP contribution in [0.4, 0.5) is 0 Å². The van der Waals surface area contributed by atoms with Crippen molar-refractivity contribution < 1.29 is 0 Å². The van der Waals surface area contributed by atoms with Crippen LogP contribution in [-0.4, -0.2) is 6.54 Å². The summed E-state index contributed by atoms with van der Waals surface area (Å²) in [6, 6.07) is 30.2. The maximum absolute atomic E-state index is 3.60. The Morgan fingerprint density at radius 1 is 0.800 bits per heavy atom. The summed E-state index contributed by atoms with van der Waals surface area (Å²) < 4.78 is 0. The van der Waals surface area contributed by atoms with E-state index in [2.05, 4.69) is 110 Å². The lowest BCUT2D eigenvalue weighted by Crippen LogP contribution is -2.18. The number of nitrogens with one attached hydrogen (secondary N) is 1. The standard InChI is InChI=1S/C24H25N/c1-19-13-15-23(16-14-19)24(22-11-7-4-8-12-22)17-18-25-20(2)21-9-5-3-6-10-21/h3-17,20,25H,18H2,1-2H3/b24-17+/t20-/m1/s1. The predicted octanol–water partition coefficient (Wildman–Crippen LogP) is 5.78. The first-order valence-electron chi connectivity index (χ1n) is 8.85. The Bertz CT molecular complexity index is 802. The third-order valence-electron chi connectivity index (χ3n) is 4.48. The van der Waals surface area contributed by atoms with Crippen molar-refractivity contribution in [2.45, 2.75) is 19.9 Å². The monoisotopic (exact) mass is 327 g/mol. The van der Waals surface area contributed by atoms with Gasteiger partial charge in [0.1, 0.15) is 0 Å². The molecule has 0 heterocycles. The smallest absolute Gasteiger partial charge is 0.0294 e. The fraction of sp³-hybridized carbons (Fsp3) is 0.167. The van der Waals surface area contributed by atoms with E-state index in [-0.39, 0.29) is 0 Å². The lowest BCUT2D eigenvalue weighted by molar-refractivity contribution is 0.618. The van der Waals surface area contributed by atoms with E-state index in [0.717, 1.165) is 6.54 Å². The molecule has 0 aliphatic rings. The van der Waals surface area contributed by atoms with E-state index < -0.39 is 0 Å². The number of aryl methyl sites for hydroxylation is 1. The van der Waals surface area contributed by atoms with Crippen molar-refractivity contribution in [3.63, 3.8) is 0 Å². The molecule has 0 aliphatic heterocycles. The van der Waals surface area contributed by atoms with Gasteiger partial charge in [-0.3, -0.25) is 0 Å². The van der Waals surface area contributed by atoms with Gasteiger partial charge in [0.2, 0.25) is 0 Å². The van der Waals surface area contributed by atoms with Gasteiger partial charge in [0.15, 0.2) is 0 Å². The lowest BCUT2D eigenvalue weighted by atomic mass is 9.96. The van der Waals surface area contributed by atoms with Gasteiger partial charge in [0, 0.05) is 12.6 Å². The molecule has 3 aromatic carbocycles. The fourth-order valence-corrected chi connectivity index (χ4v) is 2.95. The third kappa shape index (κ3) is 4.68. The van der Waals surface area contributed by atoms with E-state index in [1.54, 1.807) is 0 Å². The molecule has 1 N–H and O–H groups in total. The molecule has 0 amide bonds. The lowest BCUT2D eigenvalue weighted by Gasteiger charge is -2.14. The van der Waals surface area contributed by atoms with Gasteiger partial charge in [-0.25, -0.2) is 0 Å². The summed E-state index contributed by atoms with van der Waals surface area (Å²) >= 11 is 0. The van der Waals surface area contributed by atoms with Crippen LogP contribution in [0.15, 0.2) is 91.0 Å². The minimum atomic E-state index is 0.326. The van der Waals surface area contributed by atoms with Crippen LogP contribution in [0.2, 0.25) is 0 Å². The van der Waals surface area contributed by atoms with Crippen LogP contribution < -0.4 is 5.32 Å². The van der Waals surface area contributed by atoms with Crippen molar-refractivity contribution in [3.05, 3.63) is 113 Å². The van der Waals surface area contributed by atoms with Crippen molar-refractivity contribution >= 4 is 5.57 Å². The van der Waals surface area contributed by atoms with Gasteiger partial charge in [-0.15, -0.1) is 0 Å². The van der Waals surface area contributed by atoms with Crippen LogP contribution in [0, 0.1) is 6.92 Å². The zero-order chi connectivity index (χ0) is 17.5. The number of hydrogen-bond donors (Lipinski definition) is 1. The van der Waals surface area contributed by atoms with Crippen LogP contribution in [0.25, 0.3) is 5.57 Å². The fourth-order valence-electron chi connectivity index (χ4n) is 2.95. The molecule has 0 aliphatic carbocycles. The minimum Gasteiger partial charge on any atom is -0.307 e. The maximum atomic E-state index is 3.60. The summed E-state index contributed by atoms with van der Waals surface area (Å²) in [4.78, 5) is 0. The summed E-state index contributed by atoms with van der Waals surface area (Å²) in [5.74, 6) is 0. The van der Waals surface area contributed by atoms with Crippen molar-refractivity contribution in [3.8, 4) is 0 Å². The highest BCUT2D eigenvalue weighted by atomic mass is 14.9. The SMILES string of the molecule is Cc1ccc(/C(=C/CN[C@H](C)c2ccccc2)c2ccccc2)cc1. The molecule has 0 spiro atoms. The molecular weight excluding hydrogens is 302 g/mol. The molecule has 0 unspecified atom stereocenters. The molecule has 3 aromatic rings. The number of benzene rings is 3. The molecule has 0 bridgehead atoms. The van der Waals surface area contributed by atoms with E-state index in [9.17, 15) is 0 Å². The van der Waals surface area contributed by atoms with Crippen LogP contribution in [0.5, 0.6) is 0 Å². The quantitative estimate of drug-likeness (QED) is 0.605. The molecule has 0 aromatic heterocycles. The Labute approximate surface area is 151 Å². The molecule has 0 saturated heterocycles. The average molecular weight is 327 g/mol. The molecule has 0 saturated carbocycles. The van der Waals surface area contributed by atoms with Gasteiger partial charge in [-0.05, 0) is 36.1 Å². The second-order valence-electron chi connectivity index (χ2n) is 6.39. The van der Waals surface area contributed by atoms with Crippen molar-refractivity contribution in [2.24, 2.45) is 0 Å². The molecule has 1 atom stereocenters. The van der Waals surface area contributed by atoms with Gasteiger partial charge in [0.05, 0.1) is 0 Å². The Morgan fingerprint density at radius 2 is 1.36 bits per heavy atom. The zero-order valence-electron chi connectivity index (χ0n) is 14.9. The summed E-state index contributed by atoms with van der Waals surface area (Å²) in [5, 5.41) is 3.60. The van der Waals surface area contributed by atoms with Gasteiger partial charge < -0.3 is 5.32 Å². The van der Waals surface area contributed by atoms with E-state index in [4.69, 9.17) is 0 Å². The summed E-state index contributed by atoms with van der Waals surface area (Å²) in [7, 11) is 0. The summed E-state index contributed by atoms with van der Waals surface area (Å²) in [6.45, 7) is 5.16. The van der Waals surface area contributed by atoms with Gasteiger partial charge in [0.25, 0.3) is 0 Å². The summed E-state index contributed by atoms with van der Waals surface area (Å²) in [6.07, 6.45) is 2.29. The van der Waals surface area contributed by atoms with Gasteiger partial charge in [-0.2, -0.15) is 0 Å². The first kappa shape index (κ1) is 17.2. The largest absolute Gasteiger partial charge is 0.307 e. The Morgan fingerprint density at radius 3 is 2.00 bits per heavy atom. The zero-order valence-corrected chi connectivity index (χ0v) is 14.9. The molecule has 3 rings (SSSR count). The second-order valence-corrected chi connectivity index (χ2v) is 6.39. The van der Waals surface area contributed by atoms with Crippen molar-refractivity contribution in [2.75, 3.05) is 6.54 Å². The van der Waals surface area contributed by atoms with E-state index in [1.807, 2.05) is 0 Å². The van der Waals surface area contributed by atoms with Crippen molar-refractivity contribution in [1.82, 2.24) is 5.32 Å². The normalized spacial score (nSPS) is 12.8.